The Kier molecular flexibility index (Phi) is 6.32. The summed E-state index contributed by atoms with van der Waals surface area (Å²) in [5, 5.41) is 5.75. The van der Waals surface area contributed by atoms with Crippen molar-refractivity contribution in [2.45, 2.75) is 39.2 Å². The minimum atomic E-state index is 0.464. The van der Waals surface area contributed by atoms with E-state index in [1.54, 1.807) is 0 Å². The summed E-state index contributed by atoms with van der Waals surface area (Å²) in [5.74, 6) is 0. The van der Waals surface area contributed by atoms with E-state index in [-0.39, 0.29) is 0 Å². The molecule has 0 aliphatic rings. The van der Waals surface area contributed by atoms with Crippen LogP contribution < -0.4 is 5.32 Å². The van der Waals surface area contributed by atoms with E-state index < -0.39 is 0 Å². The van der Waals surface area contributed by atoms with Gasteiger partial charge in [0.2, 0.25) is 0 Å². The highest BCUT2D eigenvalue weighted by atomic mass is 79.9. The largest absolute Gasteiger partial charge is 0.309 e. The van der Waals surface area contributed by atoms with Gasteiger partial charge in [-0.2, -0.15) is 0 Å². The summed E-state index contributed by atoms with van der Waals surface area (Å²) < 4.78 is 1.23. The van der Waals surface area contributed by atoms with Crippen molar-refractivity contribution in [1.82, 2.24) is 5.32 Å². The fourth-order valence-corrected chi connectivity index (χ4v) is 3.35. The summed E-state index contributed by atoms with van der Waals surface area (Å²) in [6, 6.07) is 2.59. The molecule has 1 rings (SSSR count). The number of allylic oxidation sites excluding steroid dienone is 1. The number of nitrogens with one attached hydrogen (secondary N) is 1. The van der Waals surface area contributed by atoms with Crippen molar-refractivity contribution in [2.24, 2.45) is 0 Å². The molecule has 0 spiro atoms. The Morgan fingerprint density at radius 3 is 2.88 bits per heavy atom. The van der Waals surface area contributed by atoms with Crippen molar-refractivity contribution in [2.75, 3.05) is 6.54 Å². The van der Waals surface area contributed by atoms with E-state index >= 15 is 0 Å². The Hall–Kier alpha value is -0.120. The molecule has 0 fully saturated rings. The smallest absolute Gasteiger partial charge is 0.0429 e. The molecule has 1 aromatic rings. The first-order chi connectivity index (χ1) is 7.65. The number of thiophene rings is 1. The molecule has 0 aliphatic carbocycles. The third-order valence-corrected chi connectivity index (χ3v) is 4.45. The van der Waals surface area contributed by atoms with Crippen LogP contribution in [0.3, 0.4) is 0 Å². The van der Waals surface area contributed by atoms with Gasteiger partial charge in [0, 0.05) is 15.4 Å². The Bertz CT molecular complexity index is 332. The van der Waals surface area contributed by atoms with Gasteiger partial charge in [-0.1, -0.05) is 12.5 Å². The van der Waals surface area contributed by atoms with E-state index in [0.717, 1.165) is 19.4 Å². The van der Waals surface area contributed by atoms with E-state index in [0.29, 0.717) is 6.04 Å². The zero-order chi connectivity index (χ0) is 12.0. The molecule has 16 heavy (non-hydrogen) atoms. The monoisotopic (exact) mass is 301 g/mol. The van der Waals surface area contributed by atoms with E-state index in [1.807, 2.05) is 11.3 Å². The van der Waals surface area contributed by atoms with Gasteiger partial charge in [-0.15, -0.1) is 17.9 Å². The molecule has 3 heteroatoms. The Morgan fingerprint density at radius 1 is 1.62 bits per heavy atom. The molecule has 1 atom stereocenters. The molecular formula is C13H20BrNS. The maximum absolute atomic E-state index is 3.98. The third-order valence-electron chi connectivity index (χ3n) is 2.46. The molecule has 1 nitrogen and oxygen atoms in total. The van der Waals surface area contributed by atoms with Crippen LogP contribution in [0.15, 0.2) is 28.1 Å². The summed E-state index contributed by atoms with van der Waals surface area (Å²) in [6.45, 7) is 9.35. The van der Waals surface area contributed by atoms with Crippen LogP contribution in [0.1, 0.15) is 44.0 Å². The average molecular weight is 302 g/mol. The molecule has 1 unspecified atom stereocenters. The van der Waals surface area contributed by atoms with E-state index in [1.165, 1.54) is 21.3 Å². The van der Waals surface area contributed by atoms with Crippen molar-refractivity contribution >= 4 is 27.3 Å². The Morgan fingerprint density at radius 2 is 2.38 bits per heavy atom. The van der Waals surface area contributed by atoms with Gasteiger partial charge < -0.3 is 5.32 Å². The van der Waals surface area contributed by atoms with E-state index in [4.69, 9.17) is 0 Å². The summed E-state index contributed by atoms with van der Waals surface area (Å²) >= 11 is 5.43. The van der Waals surface area contributed by atoms with Crippen molar-refractivity contribution in [1.29, 1.82) is 0 Å². The van der Waals surface area contributed by atoms with E-state index in [9.17, 15) is 0 Å². The molecule has 0 amide bonds. The molecule has 0 bridgehead atoms. The summed E-state index contributed by atoms with van der Waals surface area (Å²) in [5.41, 5.74) is 1.26. The van der Waals surface area contributed by atoms with Gasteiger partial charge in [-0.05, 0) is 60.1 Å². The molecule has 1 N–H and O–H groups in total. The highest BCUT2D eigenvalue weighted by Crippen LogP contribution is 2.32. The first-order valence-corrected chi connectivity index (χ1v) is 7.43. The van der Waals surface area contributed by atoms with Crippen LogP contribution in [0.2, 0.25) is 0 Å². The van der Waals surface area contributed by atoms with Gasteiger partial charge in [0.1, 0.15) is 0 Å². The number of hydrogen-bond donors (Lipinski definition) is 1. The van der Waals surface area contributed by atoms with Crippen LogP contribution in [-0.4, -0.2) is 6.54 Å². The van der Waals surface area contributed by atoms with Crippen LogP contribution in [-0.2, 0) is 0 Å². The molecule has 1 aromatic heterocycles. The quantitative estimate of drug-likeness (QED) is 0.706. The van der Waals surface area contributed by atoms with Crippen molar-refractivity contribution < 1.29 is 0 Å². The normalized spacial score (nSPS) is 12.7. The third kappa shape index (κ3) is 4.40. The van der Waals surface area contributed by atoms with Gasteiger partial charge in [0.25, 0.3) is 0 Å². The first kappa shape index (κ1) is 13.9. The van der Waals surface area contributed by atoms with Crippen molar-refractivity contribution in [3.05, 3.63) is 32.9 Å². The molecule has 90 valence electrons. The molecule has 0 radical (unpaired) electrons. The average Bonchev–Trinajstić information content (AvgIpc) is 2.65. The molecule has 0 saturated heterocycles. The summed E-state index contributed by atoms with van der Waals surface area (Å²) in [7, 11) is 0. The summed E-state index contributed by atoms with van der Waals surface area (Å²) in [6.07, 6.45) is 3.40. The van der Waals surface area contributed by atoms with Crippen LogP contribution in [0.5, 0.6) is 0 Å². The lowest BCUT2D eigenvalue weighted by molar-refractivity contribution is 0.504. The zero-order valence-corrected chi connectivity index (χ0v) is 12.5. The molecule has 0 aromatic carbocycles. The van der Waals surface area contributed by atoms with Crippen LogP contribution in [0, 0.1) is 0 Å². The van der Waals surface area contributed by atoms with Gasteiger partial charge in [-0.3, -0.25) is 0 Å². The van der Waals surface area contributed by atoms with E-state index in [2.05, 4.69) is 53.1 Å². The second kappa shape index (κ2) is 7.25. The second-order valence-electron chi connectivity index (χ2n) is 4.14. The van der Waals surface area contributed by atoms with Crippen molar-refractivity contribution in [3.8, 4) is 0 Å². The SMILES string of the molecule is C=C(C)CCC(NCCC)c1sccc1Br. The molecule has 1 heterocycles. The van der Waals surface area contributed by atoms with Crippen LogP contribution in [0.4, 0.5) is 0 Å². The number of hydrogen-bond acceptors (Lipinski definition) is 2. The first-order valence-electron chi connectivity index (χ1n) is 5.75. The molecular weight excluding hydrogens is 282 g/mol. The van der Waals surface area contributed by atoms with Crippen LogP contribution in [0.25, 0.3) is 0 Å². The number of halogens is 1. The fraction of sp³-hybridized carbons (Fsp3) is 0.538. The van der Waals surface area contributed by atoms with Crippen molar-refractivity contribution in [3.63, 3.8) is 0 Å². The van der Waals surface area contributed by atoms with Gasteiger partial charge >= 0.3 is 0 Å². The van der Waals surface area contributed by atoms with Gasteiger partial charge in [0.05, 0.1) is 0 Å². The predicted octanol–water partition coefficient (Wildman–Crippen LogP) is 4.91. The lowest BCUT2D eigenvalue weighted by atomic mass is 10.1. The van der Waals surface area contributed by atoms with Gasteiger partial charge in [-0.25, -0.2) is 0 Å². The molecule has 0 aliphatic heterocycles. The zero-order valence-electron chi connectivity index (χ0n) is 10.1. The number of rotatable bonds is 7. The fourth-order valence-electron chi connectivity index (χ4n) is 1.59. The maximum atomic E-state index is 3.98. The van der Waals surface area contributed by atoms with Gasteiger partial charge in [0.15, 0.2) is 0 Å². The molecule has 0 saturated carbocycles. The predicted molar refractivity (Wildman–Crippen MR) is 77.1 cm³/mol. The lowest BCUT2D eigenvalue weighted by Gasteiger charge is -2.18. The highest BCUT2D eigenvalue weighted by molar-refractivity contribution is 9.10. The minimum absolute atomic E-state index is 0.464. The Balaban J connectivity index is 2.63. The Labute approximate surface area is 111 Å². The van der Waals surface area contributed by atoms with Crippen LogP contribution >= 0.6 is 27.3 Å². The summed E-state index contributed by atoms with van der Waals surface area (Å²) in [4.78, 5) is 1.41. The lowest BCUT2D eigenvalue weighted by Crippen LogP contribution is -2.21. The standard InChI is InChI=1S/C13H20BrNS/c1-4-8-15-12(6-5-10(2)3)13-11(14)7-9-16-13/h7,9,12,15H,2,4-6,8H2,1,3H3. The minimum Gasteiger partial charge on any atom is -0.309 e. The maximum Gasteiger partial charge on any atom is 0.0429 e. The highest BCUT2D eigenvalue weighted by Gasteiger charge is 2.14. The second-order valence-corrected chi connectivity index (χ2v) is 5.94. The topological polar surface area (TPSA) is 12.0 Å².